The van der Waals surface area contributed by atoms with Crippen molar-refractivity contribution < 1.29 is 9.53 Å². The fourth-order valence-electron chi connectivity index (χ4n) is 2.10. The largest absolute Gasteiger partial charge is 0.494 e. The van der Waals surface area contributed by atoms with Crippen molar-refractivity contribution in [3.63, 3.8) is 0 Å². The van der Waals surface area contributed by atoms with Crippen molar-refractivity contribution in [1.82, 2.24) is 25.2 Å². The molecule has 134 valence electrons. The van der Waals surface area contributed by atoms with E-state index in [0.717, 1.165) is 0 Å². The van der Waals surface area contributed by atoms with Crippen LogP contribution in [0, 0.1) is 0 Å². The van der Waals surface area contributed by atoms with Gasteiger partial charge < -0.3 is 10.1 Å². The van der Waals surface area contributed by atoms with E-state index in [1.807, 2.05) is 24.3 Å². The number of pyridine rings is 1. The van der Waals surface area contributed by atoms with Crippen LogP contribution in [-0.2, 0) is 4.79 Å². The number of amides is 1. The van der Waals surface area contributed by atoms with Crippen molar-refractivity contribution >= 4 is 35.1 Å². The lowest BCUT2D eigenvalue weighted by atomic mass is 10.3. The number of nitrogens with one attached hydrogen (secondary N) is 1. The highest BCUT2D eigenvalue weighted by molar-refractivity contribution is 8.00. The summed E-state index contributed by atoms with van der Waals surface area (Å²) < 4.78 is 6.88. The summed E-state index contributed by atoms with van der Waals surface area (Å²) in [6.07, 6.45) is 1.47. The molecule has 26 heavy (non-hydrogen) atoms. The monoisotopic (exact) mass is 390 g/mol. The SMILES string of the molecule is COc1ccccc1-n1nnnc1SC(C)C(=O)Nc1ccc(Cl)cn1. The predicted molar refractivity (Wildman–Crippen MR) is 98.9 cm³/mol. The lowest BCUT2D eigenvalue weighted by Gasteiger charge is -2.12. The summed E-state index contributed by atoms with van der Waals surface area (Å²) in [5.41, 5.74) is 0.689. The first kappa shape index (κ1) is 18.2. The highest BCUT2D eigenvalue weighted by atomic mass is 35.5. The molecule has 1 unspecified atom stereocenters. The number of hydrogen-bond donors (Lipinski definition) is 1. The Morgan fingerprint density at radius 3 is 2.85 bits per heavy atom. The zero-order valence-electron chi connectivity index (χ0n) is 14.0. The Labute approximate surface area is 158 Å². The van der Waals surface area contributed by atoms with Crippen LogP contribution in [0.1, 0.15) is 6.92 Å². The molecule has 0 radical (unpaired) electrons. The molecule has 0 aliphatic heterocycles. The molecule has 0 saturated carbocycles. The molecule has 10 heteroatoms. The van der Waals surface area contributed by atoms with Gasteiger partial charge in [0.1, 0.15) is 17.3 Å². The van der Waals surface area contributed by atoms with Crippen LogP contribution in [0.5, 0.6) is 5.75 Å². The Hall–Kier alpha value is -2.65. The second-order valence-corrected chi connectivity index (χ2v) is 6.90. The number of halogens is 1. The van der Waals surface area contributed by atoms with Crippen LogP contribution in [0.15, 0.2) is 47.8 Å². The molecule has 0 aliphatic rings. The molecule has 0 aliphatic carbocycles. The van der Waals surface area contributed by atoms with E-state index in [-0.39, 0.29) is 5.91 Å². The highest BCUT2D eigenvalue weighted by Crippen LogP contribution is 2.28. The maximum absolute atomic E-state index is 12.4. The van der Waals surface area contributed by atoms with E-state index < -0.39 is 5.25 Å². The molecule has 0 saturated heterocycles. The first-order valence-corrected chi connectivity index (χ1v) is 8.85. The molecule has 1 amide bonds. The maximum atomic E-state index is 12.4. The fourth-order valence-corrected chi connectivity index (χ4v) is 3.01. The van der Waals surface area contributed by atoms with Crippen LogP contribution in [0.25, 0.3) is 5.69 Å². The average Bonchev–Trinajstić information content (AvgIpc) is 3.11. The highest BCUT2D eigenvalue weighted by Gasteiger charge is 2.20. The molecular weight excluding hydrogens is 376 g/mol. The lowest BCUT2D eigenvalue weighted by Crippen LogP contribution is -2.23. The number of hydrogen-bond acceptors (Lipinski definition) is 7. The van der Waals surface area contributed by atoms with Crippen LogP contribution < -0.4 is 10.1 Å². The van der Waals surface area contributed by atoms with Crippen LogP contribution >= 0.6 is 23.4 Å². The van der Waals surface area contributed by atoms with E-state index in [4.69, 9.17) is 16.3 Å². The fraction of sp³-hybridized carbons (Fsp3) is 0.188. The molecular formula is C16H15ClN6O2S. The first-order chi connectivity index (χ1) is 12.6. The molecule has 2 heterocycles. The summed E-state index contributed by atoms with van der Waals surface area (Å²) in [6.45, 7) is 1.76. The topological polar surface area (TPSA) is 94.8 Å². The summed E-state index contributed by atoms with van der Waals surface area (Å²) in [6, 6.07) is 10.7. The van der Waals surface area contributed by atoms with E-state index in [0.29, 0.717) is 27.4 Å². The number of benzene rings is 1. The third kappa shape index (κ3) is 4.12. The van der Waals surface area contributed by atoms with Gasteiger partial charge in [0.15, 0.2) is 0 Å². The van der Waals surface area contributed by atoms with Crippen molar-refractivity contribution in [1.29, 1.82) is 0 Å². The van der Waals surface area contributed by atoms with Gasteiger partial charge in [0.2, 0.25) is 11.1 Å². The first-order valence-electron chi connectivity index (χ1n) is 7.59. The zero-order valence-corrected chi connectivity index (χ0v) is 15.5. The third-order valence-electron chi connectivity index (χ3n) is 3.38. The molecule has 8 nitrogen and oxygen atoms in total. The predicted octanol–water partition coefficient (Wildman–Crippen LogP) is 2.84. The Morgan fingerprint density at radius 1 is 1.31 bits per heavy atom. The lowest BCUT2D eigenvalue weighted by molar-refractivity contribution is -0.115. The van der Waals surface area contributed by atoms with Gasteiger partial charge in [-0.2, -0.15) is 4.68 Å². The number of carbonyl (C=O) groups excluding carboxylic acids is 1. The molecule has 1 aromatic carbocycles. The van der Waals surface area contributed by atoms with E-state index in [2.05, 4.69) is 25.8 Å². The number of carbonyl (C=O) groups is 1. The second-order valence-electron chi connectivity index (χ2n) is 5.16. The summed E-state index contributed by atoms with van der Waals surface area (Å²) >= 11 is 7.02. The van der Waals surface area contributed by atoms with Crippen molar-refractivity contribution in [2.24, 2.45) is 0 Å². The quantitative estimate of drug-likeness (QED) is 0.646. The van der Waals surface area contributed by atoms with Gasteiger partial charge in [-0.1, -0.05) is 35.5 Å². The van der Waals surface area contributed by atoms with E-state index in [1.165, 1.54) is 22.6 Å². The number of para-hydroxylation sites is 2. The van der Waals surface area contributed by atoms with Gasteiger partial charge in [0.05, 0.1) is 17.4 Å². The Balaban J connectivity index is 1.74. The Bertz CT molecular complexity index is 902. The molecule has 0 fully saturated rings. The molecule has 1 atom stereocenters. The van der Waals surface area contributed by atoms with Gasteiger partial charge in [0, 0.05) is 6.20 Å². The van der Waals surface area contributed by atoms with Gasteiger partial charge in [0.25, 0.3) is 0 Å². The van der Waals surface area contributed by atoms with Crippen LogP contribution in [0.3, 0.4) is 0 Å². The minimum atomic E-state index is -0.452. The normalized spacial score (nSPS) is 11.8. The molecule has 1 N–H and O–H groups in total. The van der Waals surface area contributed by atoms with Crippen molar-refractivity contribution in [3.8, 4) is 11.4 Å². The summed E-state index contributed by atoms with van der Waals surface area (Å²) in [5, 5.41) is 15.0. The zero-order chi connectivity index (χ0) is 18.5. The number of rotatable bonds is 6. The van der Waals surface area contributed by atoms with Crippen LogP contribution in [-0.4, -0.2) is 43.5 Å². The minimum Gasteiger partial charge on any atom is -0.494 e. The van der Waals surface area contributed by atoms with E-state index >= 15 is 0 Å². The number of aromatic nitrogens is 5. The smallest absolute Gasteiger partial charge is 0.238 e. The Kier molecular flexibility index (Phi) is 5.69. The summed E-state index contributed by atoms with van der Waals surface area (Å²) in [7, 11) is 1.57. The number of nitrogens with zero attached hydrogens (tertiary/aromatic N) is 5. The second kappa shape index (κ2) is 8.15. The van der Waals surface area contributed by atoms with Crippen LogP contribution in [0.4, 0.5) is 5.82 Å². The molecule has 3 rings (SSSR count). The van der Waals surface area contributed by atoms with Gasteiger partial charge in [-0.25, -0.2) is 4.98 Å². The molecule has 2 aromatic heterocycles. The van der Waals surface area contributed by atoms with Gasteiger partial charge in [-0.15, -0.1) is 5.10 Å². The van der Waals surface area contributed by atoms with E-state index in [9.17, 15) is 4.79 Å². The minimum absolute atomic E-state index is 0.223. The Morgan fingerprint density at radius 2 is 2.12 bits per heavy atom. The van der Waals surface area contributed by atoms with Crippen molar-refractivity contribution in [2.45, 2.75) is 17.3 Å². The number of ether oxygens (including phenoxy) is 1. The third-order valence-corrected chi connectivity index (χ3v) is 4.64. The number of anilines is 1. The standard InChI is InChI=1S/C16H15ClN6O2S/c1-10(15(24)19-14-8-7-11(17)9-18-14)26-16-20-21-22-23(16)12-5-3-4-6-13(12)25-2/h3-10H,1-2H3,(H,18,19,24). The number of thioether (sulfide) groups is 1. The average molecular weight is 391 g/mol. The molecule has 0 spiro atoms. The number of methoxy groups -OCH3 is 1. The maximum Gasteiger partial charge on any atom is 0.238 e. The van der Waals surface area contributed by atoms with Gasteiger partial charge in [-0.05, 0) is 41.6 Å². The van der Waals surface area contributed by atoms with Gasteiger partial charge in [-0.3, -0.25) is 4.79 Å². The summed E-state index contributed by atoms with van der Waals surface area (Å²) in [4.78, 5) is 16.4. The van der Waals surface area contributed by atoms with Crippen molar-refractivity contribution in [2.75, 3.05) is 12.4 Å². The van der Waals surface area contributed by atoms with Crippen molar-refractivity contribution in [3.05, 3.63) is 47.6 Å². The number of tetrazole rings is 1. The molecule has 3 aromatic rings. The van der Waals surface area contributed by atoms with Crippen LogP contribution in [0.2, 0.25) is 5.02 Å². The summed E-state index contributed by atoms with van der Waals surface area (Å²) in [5.74, 6) is 0.833. The van der Waals surface area contributed by atoms with E-state index in [1.54, 1.807) is 26.2 Å². The molecule has 0 bridgehead atoms. The van der Waals surface area contributed by atoms with Gasteiger partial charge >= 0.3 is 0 Å².